The fourth-order valence-electron chi connectivity index (χ4n) is 5.99. The monoisotopic (exact) mass is 798 g/mol. The average molecular weight is 799 g/mol. The largest absolute Gasteiger partial charge is 0.464 e. The molecule has 15 nitrogen and oxygen atoms in total. The van der Waals surface area contributed by atoms with Crippen molar-refractivity contribution in [3.8, 4) is 35.1 Å². The van der Waals surface area contributed by atoms with Crippen molar-refractivity contribution < 1.29 is 24.5 Å². The van der Waals surface area contributed by atoms with Crippen molar-refractivity contribution in [3.63, 3.8) is 0 Å². The van der Waals surface area contributed by atoms with Gasteiger partial charge in [0.1, 0.15) is 0 Å². The minimum absolute atomic E-state index is 0. The number of nitrogens with two attached hydrogens (primary N) is 1. The molecule has 0 spiro atoms. The molecular formula is C45H38N10O5. The number of fused-ring (bicyclic) bond motifs is 2. The Balaban J connectivity index is 0.000000198. The Labute approximate surface area is 344 Å². The Kier molecular flexibility index (Phi) is 12.2. The van der Waals surface area contributed by atoms with E-state index in [1.54, 1.807) is 66.2 Å². The van der Waals surface area contributed by atoms with E-state index in [-0.39, 0.29) is 29.2 Å². The highest BCUT2D eigenvalue weighted by molar-refractivity contribution is 6.04. The zero-order valence-corrected chi connectivity index (χ0v) is 32.7. The Morgan fingerprint density at radius 1 is 0.617 bits per heavy atom. The van der Waals surface area contributed by atoms with Gasteiger partial charge in [-0.1, -0.05) is 72.2 Å². The lowest BCUT2D eigenvalue weighted by molar-refractivity contribution is 0.0595. The van der Waals surface area contributed by atoms with Crippen molar-refractivity contribution in [3.05, 3.63) is 168 Å². The summed E-state index contributed by atoms with van der Waals surface area (Å²) >= 11 is 0. The lowest BCUT2D eigenvalue weighted by atomic mass is 10.1. The molecule has 4 heterocycles. The maximum Gasteiger partial charge on any atom is 0.359 e. The van der Waals surface area contributed by atoms with E-state index in [1.165, 1.54) is 7.11 Å². The smallest absolute Gasteiger partial charge is 0.359 e. The van der Waals surface area contributed by atoms with Crippen molar-refractivity contribution in [2.45, 2.75) is 25.0 Å². The first kappa shape index (κ1) is 41.6. The van der Waals surface area contributed by atoms with Crippen LogP contribution in [0.2, 0.25) is 0 Å². The molecule has 8 aromatic rings. The van der Waals surface area contributed by atoms with E-state index in [9.17, 15) is 19.8 Å². The van der Waals surface area contributed by atoms with E-state index < -0.39 is 23.1 Å². The summed E-state index contributed by atoms with van der Waals surface area (Å²) in [5.41, 5.74) is 7.26. The highest BCUT2D eigenvalue weighted by Gasteiger charge is 2.24. The van der Waals surface area contributed by atoms with Crippen LogP contribution in [0.25, 0.3) is 33.2 Å². The molecule has 0 bridgehead atoms. The number of para-hydroxylation sites is 2. The number of ether oxygens (including phenoxy) is 1. The summed E-state index contributed by atoms with van der Waals surface area (Å²) in [5, 5.41) is 31.4. The molecule has 0 saturated carbocycles. The van der Waals surface area contributed by atoms with Gasteiger partial charge in [-0.25, -0.2) is 34.1 Å². The van der Waals surface area contributed by atoms with Crippen LogP contribution in [0.1, 0.15) is 57.6 Å². The summed E-state index contributed by atoms with van der Waals surface area (Å²) in [6, 6.07) is 32.8. The first-order valence-electron chi connectivity index (χ1n) is 18.1. The molecule has 15 heteroatoms. The zero-order chi connectivity index (χ0) is 41.6. The third kappa shape index (κ3) is 8.89. The average Bonchev–Trinajstić information content (AvgIpc) is 3.86. The van der Waals surface area contributed by atoms with Crippen LogP contribution in [0, 0.1) is 23.7 Å². The molecule has 2 atom stereocenters. The van der Waals surface area contributed by atoms with E-state index in [2.05, 4.69) is 53.8 Å². The summed E-state index contributed by atoms with van der Waals surface area (Å²) in [5.74, 6) is 10.9. The number of carbonyl (C=O) groups excluding carboxylic acids is 2. The van der Waals surface area contributed by atoms with Gasteiger partial charge in [0.05, 0.1) is 29.5 Å². The van der Waals surface area contributed by atoms with Gasteiger partial charge in [-0.2, -0.15) is 10.2 Å². The van der Waals surface area contributed by atoms with E-state index >= 15 is 0 Å². The fraction of sp³-hybridized carbons (Fsp3) is 0.111. The molecule has 8 rings (SSSR count). The zero-order valence-electron chi connectivity index (χ0n) is 32.7. The van der Waals surface area contributed by atoms with Crippen LogP contribution in [0.4, 0.5) is 0 Å². The van der Waals surface area contributed by atoms with Crippen LogP contribution >= 0.6 is 0 Å². The normalized spacial score (nSPS) is 12.5. The third-order valence-electron chi connectivity index (χ3n) is 8.87. The van der Waals surface area contributed by atoms with Crippen LogP contribution in [-0.4, -0.2) is 68.7 Å². The molecular weight excluding hydrogens is 761 g/mol. The topological polar surface area (TPSA) is 232 Å². The molecule has 0 aliphatic heterocycles. The van der Waals surface area contributed by atoms with Crippen LogP contribution in [0.15, 0.2) is 134 Å². The van der Waals surface area contributed by atoms with Gasteiger partial charge in [-0.3, -0.25) is 4.79 Å². The molecule has 1 amide bonds. The van der Waals surface area contributed by atoms with Gasteiger partial charge in [0.15, 0.2) is 34.2 Å². The van der Waals surface area contributed by atoms with Crippen LogP contribution in [0.3, 0.4) is 0 Å². The number of hydrogen-bond acceptors (Lipinski definition) is 12. The first-order valence-corrected chi connectivity index (χ1v) is 18.1. The third-order valence-corrected chi connectivity index (χ3v) is 8.87. The Hall–Kier alpha value is -8.08. The number of amides is 1. The van der Waals surface area contributed by atoms with E-state index in [4.69, 9.17) is 10.5 Å². The summed E-state index contributed by atoms with van der Waals surface area (Å²) in [4.78, 5) is 40.1. The van der Waals surface area contributed by atoms with Crippen molar-refractivity contribution in [2.75, 3.05) is 7.11 Å². The summed E-state index contributed by atoms with van der Waals surface area (Å²) in [7, 11) is 1.33. The summed E-state index contributed by atoms with van der Waals surface area (Å²) in [6.07, 6.45) is 6.22. The second-order valence-corrected chi connectivity index (χ2v) is 13.3. The van der Waals surface area contributed by atoms with Gasteiger partial charge in [0.2, 0.25) is 0 Å². The highest BCUT2D eigenvalue weighted by Crippen LogP contribution is 2.25. The number of rotatable bonds is 6. The number of methoxy groups -OCH3 is 1. The van der Waals surface area contributed by atoms with Gasteiger partial charge in [0, 0.05) is 46.7 Å². The second-order valence-electron chi connectivity index (χ2n) is 13.3. The number of aliphatic hydroxyl groups is 2. The number of primary amides is 1. The molecule has 0 radical (unpaired) electrons. The van der Waals surface area contributed by atoms with Crippen LogP contribution in [0.5, 0.6) is 0 Å². The molecule has 7 N–H and O–H groups in total. The Morgan fingerprint density at radius 3 is 1.47 bits per heavy atom. The maximum absolute atomic E-state index is 12.1. The molecule has 0 aliphatic rings. The Bertz CT molecular complexity index is 2960. The summed E-state index contributed by atoms with van der Waals surface area (Å²) < 4.78 is 8.18. The quantitative estimate of drug-likeness (QED) is 0.126. The first-order chi connectivity index (χ1) is 28.4. The van der Waals surface area contributed by atoms with Crippen LogP contribution < -0.4 is 11.9 Å². The second kappa shape index (κ2) is 17.6. The van der Waals surface area contributed by atoms with E-state index in [1.807, 2.05) is 91.0 Å². The SMILES string of the molecule is COC(=O)c1nn(-c2cccc(C#C[C@@](C)(O)c3ncccn3)c2)c2ccccc12.C[C@@](O)(C#Cc1cccc(-n2nc(C(N)=O)c3ccccc32)c1)c1ncccn1.N. The molecule has 60 heavy (non-hydrogen) atoms. The lowest BCUT2D eigenvalue weighted by Gasteiger charge is -2.13. The van der Waals surface area contributed by atoms with Crippen molar-refractivity contribution >= 4 is 33.7 Å². The Morgan fingerprint density at radius 2 is 1.03 bits per heavy atom. The number of aromatic nitrogens is 8. The van der Waals surface area contributed by atoms with Gasteiger partial charge in [-0.15, -0.1) is 0 Å². The molecule has 0 unspecified atom stereocenters. The minimum Gasteiger partial charge on any atom is -0.464 e. The van der Waals surface area contributed by atoms with E-state index in [0.717, 1.165) is 22.4 Å². The highest BCUT2D eigenvalue weighted by atomic mass is 16.5. The van der Waals surface area contributed by atoms with Crippen molar-refractivity contribution in [2.24, 2.45) is 5.73 Å². The molecule has 0 saturated heterocycles. The fourth-order valence-corrected chi connectivity index (χ4v) is 5.99. The molecule has 4 aromatic heterocycles. The van der Waals surface area contributed by atoms with Crippen LogP contribution in [-0.2, 0) is 15.9 Å². The maximum atomic E-state index is 12.1. The van der Waals surface area contributed by atoms with Crippen molar-refractivity contribution in [1.82, 2.24) is 45.6 Å². The molecule has 298 valence electrons. The van der Waals surface area contributed by atoms with Gasteiger partial charge in [-0.05, 0) is 74.5 Å². The summed E-state index contributed by atoms with van der Waals surface area (Å²) in [6.45, 7) is 3.09. The van der Waals surface area contributed by atoms with Crippen molar-refractivity contribution in [1.29, 1.82) is 0 Å². The number of carbonyl (C=O) groups is 2. The van der Waals surface area contributed by atoms with Gasteiger partial charge in [0.25, 0.3) is 5.91 Å². The van der Waals surface area contributed by atoms with Gasteiger partial charge < -0.3 is 26.8 Å². The predicted molar refractivity (Wildman–Crippen MR) is 224 cm³/mol. The predicted octanol–water partition coefficient (Wildman–Crippen LogP) is 5.20. The van der Waals surface area contributed by atoms with E-state index in [0.29, 0.717) is 21.9 Å². The van der Waals surface area contributed by atoms with Gasteiger partial charge >= 0.3 is 5.97 Å². The molecule has 0 aliphatic carbocycles. The molecule has 4 aromatic carbocycles. The number of esters is 1. The minimum atomic E-state index is -1.49. The molecule has 0 fully saturated rings. The standard InChI is InChI=1S/C23H18N4O3.C22H17N5O2.H3N/c1-23(29,22-24-13-6-14-25-22)12-11-16-7-5-8-17(15-16)27-19-10-4-3-9-18(19)20(26-27)21(28)30-2;1-22(29,21-24-12-5-13-25-21)11-10-15-6-4-7-16(14-15)27-18-9-3-2-8-17(18)19(26-27)20(23)28;/h3-10,13-15,29H,1-2H3;2-9,12-14,29H,1H3,(H2,23,28);1H3/t23-;22-;/m11./s1. The number of nitrogens with zero attached hydrogens (tertiary/aromatic N) is 8. The lowest BCUT2D eigenvalue weighted by Crippen LogP contribution is -2.21. The number of hydrogen-bond donors (Lipinski definition) is 4. The number of benzene rings is 4.